The molecule has 1 amide bonds. The molecule has 0 bridgehead atoms. The Kier molecular flexibility index (Phi) is 5.51. The molecule has 0 unspecified atom stereocenters. The molecule has 1 heterocycles. The van der Waals surface area contributed by atoms with E-state index in [1.165, 1.54) is 23.3 Å². The van der Waals surface area contributed by atoms with Crippen LogP contribution < -0.4 is 0 Å². The second-order valence-electron chi connectivity index (χ2n) is 6.35. The summed E-state index contributed by atoms with van der Waals surface area (Å²) in [5, 5.41) is 0. The molecule has 1 aliphatic carbocycles. The lowest BCUT2D eigenvalue weighted by Crippen LogP contribution is -2.28. The van der Waals surface area contributed by atoms with Crippen LogP contribution >= 0.6 is 11.8 Å². The Morgan fingerprint density at radius 2 is 1.88 bits per heavy atom. The van der Waals surface area contributed by atoms with E-state index in [0.717, 1.165) is 24.5 Å². The second kappa shape index (κ2) is 7.79. The molecule has 1 saturated carbocycles. The van der Waals surface area contributed by atoms with Gasteiger partial charge >= 0.3 is 0 Å². The van der Waals surface area contributed by atoms with Gasteiger partial charge < -0.3 is 4.90 Å². The first-order valence-electron chi connectivity index (χ1n) is 8.40. The van der Waals surface area contributed by atoms with Gasteiger partial charge in [0.1, 0.15) is 5.82 Å². The highest BCUT2D eigenvalue weighted by Crippen LogP contribution is 2.37. The van der Waals surface area contributed by atoms with E-state index in [4.69, 9.17) is 0 Å². The highest BCUT2D eigenvalue weighted by atomic mass is 32.2. The number of thioether (sulfide) groups is 1. The highest BCUT2D eigenvalue weighted by Gasteiger charge is 2.26. The van der Waals surface area contributed by atoms with E-state index in [2.05, 4.69) is 41.2 Å². The van der Waals surface area contributed by atoms with Gasteiger partial charge in [-0.25, -0.2) is 9.97 Å². The van der Waals surface area contributed by atoms with E-state index in [0.29, 0.717) is 11.5 Å². The van der Waals surface area contributed by atoms with Crippen molar-refractivity contribution in [2.24, 2.45) is 0 Å². The number of benzene rings is 1. The molecular formula is C19H23N3OS. The Hall–Kier alpha value is -1.88. The van der Waals surface area contributed by atoms with Gasteiger partial charge in [0.2, 0.25) is 0 Å². The lowest BCUT2D eigenvalue weighted by Gasteiger charge is -2.16. The number of amides is 1. The number of nitrogens with zero attached hydrogens (tertiary/aromatic N) is 3. The highest BCUT2D eigenvalue weighted by molar-refractivity contribution is 7.99. The fraction of sp³-hybridized carbons (Fsp3) is 0.421. The van der Waals surface area contributed by atoms with Crippen molar-refractivity contribution in [3.63, 3.8) is 0 Å². The molecule has 2 aromatic rings. The summed E-state index contributed by atoms with van der Waals surface area (Å²) >= 11 is 1.83. The molecule has 1 fully saturated rings. The normalized spacial score (nSPS) is 13.8. The van der Waals surface area contributed by atoms with Gasteiger partial charge in [-0.05, 0) is 44.1 Å². The van der Waals surface area contributed by atoms with Crippen LogP contribution in [0.2, 0.25) is 0 Å². The summed E-state index contributed by atoms with van der Waals surface area (Å²) in [5.41, 5.74) is 1.85. The van der Waals surface area contributed by atoms with Gasteiger partial charge in [-0.1, -0.05) is 17.7 Å². The van der Waals surface area contributed by atoms with Crippen LogP contribution in [0.1, 0.15) is 46.9 Å². The number of carbonyl (C=O) groups is 1. The molecule has 0 saturated heterocycles. The second-order valence-corrected chi connectivity index (χ2v) is 7.51. The zero-order valence-electron chi connectivity index (χ0n) is 14.2. The summed E-state index contributed by atoms with van der Waals surface area (Å²) in [6.45, 7) is 2.83. The number of rotatable bonds is 7. The number of hydrogen-bond donors (Lipinski definition) is 0. The maximum atomic E-state index is 12.4. The van der Waals surface area contributed by atoms with Crippen LogP contribution in [0.15, 0.2) is 41.6 Å². The molecule has 0 spiro atoms. The number of aryl methyl sites for hydroxylation is 1. The third-order valence-electron chi connectivity index (χ3n) is 4.14. The van der Waals surface area contributed by atoms with Crippen molar-refractivity contribution in [1.29, 1.82) is 0 Å². The van der Waals surface area contributed by atoms with E-state index in [9.17, 15) is 4.79 Å². The molecule has 1 aromatic heterocycles. The van der Waals surface area contributed by atoms with Gasteiger partial charge in [0.25, 0.3) is 5.91 Å². The zero-order valence-corrected chi connectivity index (χ0v) is 15.1. The lowest BCUT2D eigenvalue weighted by molar-refractivity contribution is 0.0794. The van der Waals surface area contributed by atoms with Gasteiger partial charge in [0.15, 0.2) is 0 Å². The molecule has 3 rings (SSSR count). The summed E-state index contributed by atoms with van der Waals surface area (Å²) < 4.78 is 0. The van der Waals surface area contributed by atoms with Crippen molar-refractivity contribution in [2.45, 2.75) is 37.0 Å². The SMILES string of the molecule is Cc1ccc(SCCCN(C)C(=O)c2cnc(C3CC3)nc2)cc1. The van der Waals surface area contributed by atoms with Crippen LogP contribution in [0.3, 0.4) is 0 Å². The molecular weight excluding hydrogens is 318 g/mol. The van der Waals surface area contributed by atoms with Crippen molar-refractivity contribution in [3.05, 3.63) is 53.6 Å². The molecule has 0 radical (unpaired) electrons. The Labute approximate surface area is 147 Å². The average Bonchev–Trinajstić information content (AvgIpc) is 3.45. The number of carbonyl (C=O) groups excluding carboxylic acids is 1. The first kappa shape index (κ1) is 17.0. The average molecular weight is 341 g/mol. The first-order valence-corrected chi connectivity index (χ1v) is 9.39. The molecule has 126 valence electrons. The van der Waals surface area contributed by atoms with Crippen LogP contribution in [0.5, 0.6) is 0 Å². The van der Waals surface area contributed by atoms with Crippen molar-refractivity contribution >= 4 is 17.7 Å². The minimum absolute atomic E-state index is 0.00215. The lowest BCUT2D eigenvalue weighted by atomic mass is 10.2. The topological polar surface area (TPSA) is 46.1 Å². The minimum Gasteiger partial charge on any atom is -0.342 e. The van der Waals surface area contributed by atoms with Crippen LogP contribution in [0, 0.1) is 6.92 Å². The van der Waals surface area contributed by atoms with Gasteiger partial charge in [-0.3, -0.25) is 4.79 Å². The molecule has 0 N–H and O–H groups in total. The fourth-order valence-electron chi connectivity index (χ4n) is 2.45. The summed E-state index contributed by atoms with van der Waals surface area (Å²) in [6.07, 6.45) is 6.64. The monoisotopic (exact) mass is 341 g/mol. The summed E-state index contributed by atoms with van der Waals surface area (Å²) in [5.74, 6) is 2.39. The minimum atomic E-state index is -0.00215. The standard InChI is InChI=1S/C19H23N3OS/c1-14-4-8-17(9-5-14)24-11-3-10-22(2)19(23)16-12-20-18(21-13-16)15-6-7-15/h4-5,8-9,12-13,15H,3,6-7,10-11H2,1-2H3. The van der Waals surface area contributed by atoms with E-state index in [-0.39, 0.29) is 5.91 Å². The third kappa shape index (κ3) is 4.57. The van der Waals surface area contributed by atoms with E-state index >= 15 is 0 Å². The summed E-state index contributed by atoms with van der Waals surface area (Å²) in [6, 6.07) is 8.55. The van der Waals surface area contributed by atoms with Crippen LogP contribution in [-0.4, -0.2) is 40.1 Å². The quantitative estimate of drug-likeness (QED) is 0.566. The van der Waals surface area contributed by atoms with Crippen molar-refractivity contribution < 1.29 is 4.79 Å². The molecule has 24 heavy (non-hydrogen) atoms. The fourth-order valence-corrected chi connectivity index (χ4v) is 3.29. The molecule has 0 aliphatic heterocycles. The smallest absolute Gasteiger partial charge is 0.256 e. The predicted octanol–water partition coefficient (Wildman–Crippen LogP) is 3.92. The number of hydrogen-bond acceptors (Lipinski definition) is 4. The molecule has 1 aromatic carbocycles. The van der Waals surface area contributed by atoms with E-state index in [1.807, 2.05) is 18.8 Å². The van der Waals surface area contributed by atoms with Crippen molar-refractivity contribution in [2.75, 3.05) is 19.3 Å². The Balaban J connectivity index is 1.42. The third-order valence-corrected chi connectivity index (χ3v) is 5.23. The Morgan fingerprint density at radius 3 is 2.50 bits per heavy atom. The summed E-state index contributed by atoms with van der Waals surface area (Å²) in [7, 11) is 1.84. The Bertz CT molecular complexity index is 681. The summed E-state index contributed by atoms with van der Waals surface area (Å²) in [4.78, 5) is 24.1. The largest absolute Gasteiger partial charge is 0.342 e. The molecule has 1 aliphatic rings. The maximum Gasteiger partial charge on any atom is 0.256 e. The van der Waals surface area contributed by atoms with Crippen molar-refractivity contribution in [1.82, 2.24) is 14.9 Å². The van der Waals surface area contributed by atoms with Gasteiger partial charge in [-0.15, -0.1) is 11.8 Å². The van der Waals surface area contributed by atoms with Gasteiger partial charge in [-0.2, -0.15) is 0 Å². The molecule has 0 atom stereocenters. The molecule has 4 nitrogen and oxygen atoms in total. The first-order chi connectivity index (χ1) is 11.6. The Morgan fingerprint density at radius 1 is 1.21 bits per heavy atom. The zero-order chi connectivity index (χ0) is 16.9. The van der Waals surface area contributed by atoms with Gasteiger partial charge in [0.05, 0.1) is 5.56 Å². The van der Waals surface area contributed by atoms with Gasteiger partial charge in [0, 0.05) is 36.8 Å². The van der Waals surface area contributed by atoms with E-state index < -0.39 is 0 Å². The van der Waals surface area contributed by atoms with E-state index in [1.54, 1.807) is 17.3 Å². The van der Waals surface area contributed by atoms with Crippen LogP contribution in [-0.2, 0) is 0 Å². The predicted molar refractivity (Wildman–Crippen MR) is 97.5 cm³/mol. The van der Waals surface area contributed by atoms with Crippen LogP contribution in [0.25, 0.3) is 0 Å². The van der Waals surface area contributed by atoms with Crippen LogP contribution in [0.4, 0.5) is 0 Å². The number of aromatic nitrogens is 2. The van der Waals surface area contributed by atoms with Crippen molar-refractivity contribution in [3.8, 4) is 0 Å². The molecule has 5 heteroatoms. The maximum absolute atomic E-state index is 12.4.